The number of nitrogens with one attached hydrogen (secondary N) is 1. The summed E-state index contributed by atoms with van der Waals surface area (Å²) in [7, 11) is 0. The molecule has 2 aromatic heterocycles. The van der Waals surface area contributed by atoms with Gasteiger partial charge in [-0.2, -0.15) is 0 Å². The zero-order valence-electron chi connectivity index (χ0n) is 12.7. The van der Waals surface area contributed by atoms with E-state index in [1.54, 1.807) is 25.4 Å². The molecule has 3 rings (SSSR count). The van der Waals surface area contributed by atoms with Crippen LogP contribution in [-0.4, -0.2) is 20.7 Å². The highest BCUT2D eigenvalue weighted by atomic mass is 16.1. The van der Waals surface area contributed by atoms with Crippen molar-refractivity contribution in [2.45, 2.75) is 13.5 Å². The molecule has 0 aliphatic heterocycles. The molecule has 0 unspecified atom stereocenters. The van der Waals surface area contributed by atoms with E-state index < -0.39 is 0 Å². The number of carbonyl (C=O) groups excluding carboxylic acids is 1. The van der Waals surface area contributed by atoms with Gasteiger partial charge in [0.1, 0.15) is 5.82 Å². The zero-order chi connectivity index (χ0) is 16.1. The number of hydrogen-bond donors (Lipinski definition) is 1. The van der Waals surface area contributed by atoms with Crippen LogP contribution in [0.15, 0.2) is 61.1 Å². The first-order valence-electron chi connectivity index (χ1n) is 7.29. The van der Waals surface area contributed by atoms with Crippen molar-refractivity contribution in [2.24, 2.45) is 0 Å². The lowest BCUT2D eigenvalue weighted by molar-refractivity contribution is 0.101. The molecule has 1 N–H and O–H groups in total. The van der Waals surface area contributed by atoms with Crippen molar-refractivity contribution < 1.29 is 4.79 Å². The summed E-state index contributed by atoms with van der Waals surface area (Å²) < 4.78 is 0. The molecule has 0 bridgehead atoms. The fraction of sp³-hybridized carbons (Fsp3) is 0.111. The number of anilines is 1. The van der Waals surface area contributed by atoms with E-state index in [0.717, 1.165) is 16.9 Å². The molecule has 114 valence electrons. The van der Waals surface area contributed by atoms with Crippen LogP contribution in [0.4, 0.5) is 5.82 Å². The largest absolute Gasteiger partial charge is 0.366 e. The Bertz CT molecular complexity index is 818. The number of carbonyl (C=O) groups is 1. The number of rotatable bonds is 5. The molecule has 0 fully saturated rings. The predicted octanol–water partition coefficient (Wildman–Crippen LogP) is 3.35. The second-order valence-electron chi connectivity index (χ2n) is 5.12. The predicted molar refractivity (Wildman–Crippen MR) is 89.0 cm³/mol. The maximum Gasteiger partial charge on any atom is 0.161 e. The lowest BCUT2D eigenvalue weighted by atomic mass is 10.1. The molecule has 1 aromatic carbocycles. The van der Waals surface area contributed by atoms with Crippen LogP contribution in [0.2, 0.25) is 0 Å². The SMILES string of the molecule is CC(=O)c1cccc(-c2nccc(NCc3cccnc3)n2)c1. The average Bonchev–Trinajstić information content (AvgIpc) is 2.61. The molecule has 23 heavy (non-hydrogen) atoms. The number of nitrogens with zero attached hydrogens (tertiary/aromatic N) is 3. The third kappa shape index (κ3) is 3.77. The summed E-state index contributed by atoms with van der Waals surface area (Å²) in [5, 5.41) is 3.25. The van der Waals surface area contributed by atoms with E-state index >= 15 is 0 Å². The molecule has 3 aromatic rings. The zero-order valence-corrected chi connectivity index (χ0v) is 12.7. The molecular formula is C18H16N4O. The Labute approximate surface area is 134 Å². The Balaban J connectivity index is 1.80. The summed E-state index contributed by atoms with van der Waals surface area (Å²) >= 11 is 0. The van der Waals surface area contributed by atoms with E-state index in [2.05, 4.69) is 20.3 Å². The quantitative estimate of drug-likeness (QED) is 0.732. The lowest BCUT2D eigenvalue weighted by Gasteiger charge is -2.07. The van der Waals surface area contributed by atoms with Crippen LogP contribution in [0.5, 0.6) is 0 Å². The molecule has 0 aliphatic rings. The highest BCUT2D eigenvalue weighted by molar-refractivity contribution is 5.95. The van der Waals surface area contributed by atoms with Gasteiger partial charge in [-0.15, -0.1) is 0 Å². The van der Waals surface area contributed by atoms with Gasteiger partial charge in [-0.1, -0.05) is 24.3 Å². The summed E-state index contributed by atoms with van der Waals surface area (Å²) in [5.74, 6) is 1.34. The molecule has 0 amide bonds. The summed E-state index contributed by atoms with van der Waals surface area (Å²) in [6.07, 6.45) is 5.26. The van der Waals surface area contributed by atoms with E-state index in [0.29, 0.717) is 17.9 Å². The first kappa shape index (κ1) is 14.8. The van der Waals surface area contributed by atoms with Crippen LogP contribution >= 0.6 is 0 Å². The van der Waals surface area contributed by atoms with Crippen molar-refractivity contribution in [3.8, 4) is 11.4 Å². The molecule has 0 saturated carbocycles. The Morgan fingerprint density at radius 1 is 1.13 bits per heavy atom. The third-order valence-corrected chi connectivity index (χ3v) is 3.38. The van der Waals surface area contributed by atoms with Crippen molar-refractivity contribution in [2.75, 3.05) is 5.32 Å². The Morgan fingerprint density at radius 2 is 2.04 bits per heavy atom. The minimum atomic E-state index is 0.0257. The minimum absolute atomic E-state index is 0.0257. The Kier molecular flexibility index (Phi) is 4.38. The fourth-order valence-corrected chi connectivity index (χ4v) is 2.17. The standard InChI is InChI=1S/C18H16N4O/c1-13(23)15-5-2-6-16(10-15)18-20-9-7-17(22-18)21-12-14-4-3-8-19-11-14/h2-11H,12H2,1H3,(H,20,21,22). The lowest BCUT2D eigenvalue weighted by Crippen LogP contribution is -2.03. The van der Waals surface area contributed by atoms with Crippen LogP contribution in [0, 0.1) is 0 Å². The van der Waals surface area contributed by atoms with E-state index in [4.69, 9.17) is 0 Å². The van der Waals surface area contributed by atoms with E-state index in [9.17, 15) is 4.79 Å². The van der Waals surface area contributed by atoms with Crippen LogP contribution < -0.4 is 5.32 Å². The van der Waals surface area contributed by atoms with Gasteiger partial charge in [0.2, 0.25) is 0 Å². The van der Waals surface area contributed by atoms with E-state index in [-0.39, 0.29) is 5.78 Å². The monoisotopic (exact) mass is 304 g/mol. The fourth-order valence-electron chi connectivity index (χ4n) is 2.17. The molecule has 0 aliphatic carbocycles. The second kappa shape index (κ2) is 6.79. The molecule has 0 atom stereocenters. The second-order valence-corrected chi connectivity index (χ2v) is 5.12. The normalized spacial score (nSPS) is 10.3. The summed E-state index contributed by atoms with van der Waals surface area (Å²) in [6.45, 7) is 2.18. The number of benzene rings is 1. The van der Waals surface area contributed by atoms with Gasteiger partial charge in [-0.3, -0.25) is 9.78 Å². The van der Waals surface area contributed by atoms with Gasteiger partial charge in [0.15, 0.2) is 11.6 Å². The first-order valence-corrected chi connectivity index (χ1v) is 7.29. The van der Waals surface area contributed by atoms with Crippen molar-refractivity contribution in [1.82, 2.24) is 15.0 Å². The molecule has 5 heteroatoms. The average molecular weight is 304 g/mol. The molecular weight excluding hydrogens is 288 g/mol. The summed E-state index contributed by atoms with van der Waals surface area (Å²) in [5.41, 5.74) is 2.55. The van der Waals surface area contributed by atoms with Gasteiger partial charge in [0.25, 0.3) is 0 Å². The minimum Gasteiger partial charge on any atom is -0.366 e. The first-order chi connectivity index (χ1) is 11.2. The number of aromatic nitrogens is 3. The van der Waals surface area contributed by atoms with Crippen LogP contribution in [0.3, 0.4) is 0 Å². The Hall–Kier alpha value is -3.08. The van der Waals surface area contributed by atoms with Gasteiger partial charge in [0, 0.05) is 36.3 Å². The smallest absolute Gasteiger partial charge is 0.161 e. The van der Waals surface area contributed by atoms with Crippen molar-refractivity contribution >= 4 is 11.6 Å². The van der Waals surface area contributed by atoms with Gasteiger partial charge in [-0.25, -0.2) is 9.97 Å². The number of Topliss-reactive ketones (excluding diaryl/α,β-unsaturated/α-hetero) is 1. The molecule has 0 saturated heterocycles. The molecule has 2 heterocycles. The van der Waals surface area contributed by atoms with Crippen LogP contribution in [-0.2, 0) is 6.54 Å². The number of hydrogen-bond acceptors (Lipinski definition) is 5. The van der Waals surface area contributed by atoms with Crippen molar-refractivity contribution in [3.05, 3.63) is 72.2 Å². The Morgan fingerprint density at radius 3 is 2.83 bits per heavy atom. The van der Waals surface area contributed by atoms with Crippen molar-refractivity contribution in [1.29, 1.82) is 0 Å². The summed E-state index contributed by atoms with van der Waals surface area (Å²) in [6, 6.07) is 13.0. The van der Waals surface area contributed by atoms with Crippen molar-refractivity contribution in [3.63, 3.8) is 0 Å². The molecule has 0 spiro atoms. The topological polar surface area (TPSA) is 67.8 Å². The van der Waals surface area contributed by atoms with E-state index in [1.807, 2.05) is 42.6 Å². The van der Waals surface area contributed by atoms with Gasteiger partial charge in [-0.05, 0) is 30.7 Å². The summed E-state index contributed by atoms with van der Waals surface area (Å²) in [4.78, 5) is 24.4. The number of ketones is 1. The highest BCUT2D eigenvalue weighted by Crippen LogP contribution is 2.18. The maximum absolute atomic E-state index is 11.5. The van der Waals surface area contributed by atoms with Gasteiger partial charge >= 0.3 is 0 Å². The molecule has 5 nitrogen and oxygen atoms in total. The van der Waals surface area contributed by atoms with E-state index in [1.165, 1.54) is 0 Å². The third-order valence-electron chi connectivity index (χ3n) is 3.38. The van der Waals surface area contributed by atoms with Gasteiger partial charge < -0.3 is 5.32 Å². The van der Waals surface area contributed by atoms with Gasteiger partial charge in [0.05, 0.1) is 0 Å². The van der Waals surface area contributed by atoms with Crippen LogP contribution in [0.25, 0.3) is 11.4 Å². The molecule has 0 radical (unpaired) electrons. The number of pyridine rings is 1. The van der Waals surface area contributed by atoms with Crippen LogP contribution in [0.1, 0.15) is 22.8 Å². The maximum atomic E-state index is 11.5. The highest BCUT2D eigenvalue weighted by Gasteiger charge is 2.06.